The smallest absolute Gasteiger partial charge is 0.132 e. The lowest BCUT2D eigenvalue weighted by Gasteiger charge is -2.11. The van der Waals surface area contributed by atoms with E-state index in [1.165, 1.54) is 12.8 Å². The Morgan fingerprint density at radius 3 is 2.95 bits per heavy atom. The number of rotatable bonds is 8. The van der Waals surface area contributed by atoms with Gasteiger partial charge in [0.1, 0.15) is 16.7 Å². The summed E-state index contributed by atoms with van der Waals surface area (Å²) in [4.78, 5) is 9.22. The molecule has 5 heteroatoms. The summed E-state index contributed by atoms with van der Waals surface area (Å²) >= 11 is 1.79. The molecule has 0 spiro atoms. The molecule has 1 N–H and O–H groups in total. The van der Waals surface area contributed by atoms with E-state index in [1.807, 2.05) is 0 Å². The number of aromatic nitrogens is 2. The zero-order valence-corrected chi connectivity index (χ0v) is 13.3. The average molecular weight is 295 g/mol. The first kappa shape index (κ1) is 15.6. The maximum atomic E-state index is 5.67. The van der Waals surface area contributed by atoms with Crippen LogP contribution in [0, 0.1) is 0 Å². The van der Waals surface area contributed by atoms with E-state index in [9.17, 15) is 0 Å². The van der Waals surface area contributed by atoms with Crippen molar-refractivity contribution >= 4 is 17.6 Å². The molecule has 0 aromatic carbocycles. The number of aryl methyl sites for hydroxylation is 1. The second-order valence-electron chi connectivity index (χ2n) is 5.13. The molecule has 1 saturated heterocycles. The highest BCUT2D eigenvalue weighted by Gasteiger charge is 2.16. The van der Waals surface area contributed by atoms with Crippen molar-refractivity contribution < 1.29 is 4.74 Å². The quantitative estimate of drug-likeness (QED) is 0.587. The van der Waals surface area contributed by atoms with Crippen LogP contribution in [0.1, 0.15) is 45.4 Å². The Morgan fingerprint density at radius 1 is 1.35 bits per heavy atom. The molecule has 1 atom stereocenters. The fourth-order valence-electron chi connectivity index (χ4n) is 2.18. The van der Waals surface area contributed by atoms with E-state index in [-0.39, 0.29) is 0 Å². The van der Waals surface area contributed by atoms with Gasteiger partial charge in [-0.3, -0.25) is 0 Å². The van der Waals surface area contributed by atoms with Gasteiger partial charge in [-0.1, -0.05) is 13.8 Å². The molecule has 0 amide bonds. The number of nitrogens with zero attached hydrogens (tertiary/aromatic N) is 2. The normalized spacial score (nSPS) is 18.4. The highest BCUT2D eigenvalue weighted by Crippen LogP contribution is 2.24. The van der Waals surface area contributed by atoms with Crippen LogP contribution in [-0.2, 0) is 11.2 Å². The monoisotopic (exact) mass is 295 g/mol. The fourth-order valence-corrected chi connectivity index (χ4v) is 3.16. The second kappa shape index (κ2) is 8.47. The average Bonchev–Trinajstić information content (AvgIpc) is 2.96. The molecule has 20 heavy (non-hydrogen) atoms. The molecule has 1 aromatic rings. The summed E-state index contributed by atoms with van der Waals surface area (Å²) in [7, 11) is 0. The number of hydrogen-bond donors (Lipinski definition) is 1. The maximum Gasteiger partial charge on any atom is 0.132 e. The number of nitrogens with one attached hydrogen (secondary N) is 1. The van der Waals surface area contributed by atoms with Crippen molar-refractivity contribution in [2.75, 3.05) is 24.2 Å². The van der Waals surface area contributed by atoms with Crippen LogP contribution in [0.5, 0.6) is 0 Å². The predicted octanol–water partition coefficient (Wildman–Crippen LogP) is 3.52. The first-order valence-corrected chi connectivity index (χ1v) is 8.66. The summed E-state index contributed by atoms with van der Waals surface area (Å²) in [6.45, 7) is 6.20. The van der Waals surface area contributed by atoms with Gasteiger partial charge in [-0.2, -0.15) is 0 Å². The van der Waals surface area contributed by atoms with Gasteiger partial charge in [0.25, 0.3) is 0 Å². The van der Waals surface area contributed by atoms with Crippen molar-refractivity contribution in [1.29, 1.82) is 0 Å². The van der Waals surface area contributed by atoms with E-state index in [4.69, 9.17) is 4.74 Å². The van der Waals surface area contributed by atoms with Gasteiger partial charge in [0, 0.05) is 31.4 Å². The lowest BCUT2D eigenvalue weighted by molar-refractivity contribution is 0.129. The molecular weight excluding hydrogens is 270 g/mol. The Balaban J connectivity index is 1.98. The molecule has 2 heterocycles. The molecule has 0 aliphatic carbocycles. The topological polar surface area (TPSA) is 47.0 Å². The van der Waals surface area contributed by atoms with Gasteiger partial charge in [0.2, 0.25) is 0 Å². The number of anilines is 1. The molecule has 1 aliphatic rings. The van der Waals surface area contributed by atoms with Crippen LogP contribution in [0.2, 0.25) is 0 Å². The molecule has 1 aromatic heterocycles. The van der Waals surface area contributed by atoms with Crippen molar-refractivity contribution in [3.05, 3.63) is 11.9 Å². The van der Waals surface area contributed by atoms with E-state index in [0.29, 0.717) is 6.10 Å². The Bertz CT molecular complexity index is 408. The molecule has 0 saturated carbocycles. The minimum Gasteiger partial charge on any atom is -0.377 e. The number of ether oxygens (including phenoxy) is 1. The summed E-state index contributed by atoms with van der Waals surface area (Å²) in [5.41, 5.74) is 0. The Hall–Kier alpha value is -0.810. The highest BCUT2D eigenvalue weighted by molar-refractivity contribution is 7.99. The van der Waals surface area contributed by atoms with Crippen LogP contribution in [-0.4, -0.2) is 35.0 Å². The van der Waals surface area contributed by atoms with Crippen molar-refractivity contribution in [1.82, 2.24) is 9.97 Å². The third-order valence-electron chi connectivity index (χ3n) is 3.22. The molecule has 0 bridgehead atoms. The summed E-state index contributed by atoms with van der Waals surface area (Å²) in [5, 5.41) is 4.43. The number of thioether (sulfide) groups is 1. The molecule has 1 fully saturated rings. The second-order valence-corrected chi connectivity index (χ2v) is 6.17. The Morgan fingerprint density at radius 2 is 2.25 bits per heavy atom. The maximum absolute atomic E-state index is 5.67. The van der Waals surface area contributed by atoms with E-state index >= 15 is 0 Å². The molecule has 1 unspecified atom stereocenters. The van der Waals surface area contributed by atoms with Gasteiger partial charge in [-0.25, -0.2) is 9.97 Å². The highest BCUT2D eigenvalue weighted by atomic mass is 32.2. The predicted molar refractivity (Wildman–Crippen MR) is 84.5 cm³/mol. The lowest BCUT2D eigenvalue weighted by atomic mass is 10.3. The van der Waals surface area contributed by atoms with E-state index in [1.54, 1.807) is 11.8 Å². The molecular formula is C15H25N3OS. The van der Waals surface area contributed by atoms with Gasteiger partial charge in [-0.15, -0.1) is 11.8 Å². The van der Waals surface area contributed by atoms with Gasteiger partial charge >= 0.3 is 0 Å². The molecule has 112 valence electrons. The summed E-state index contributed by atoms with van der Waals surface area (Å²) in [6.07, 6.45) is 5.89. The van der Waals surface area contributed by atoms with Crippen molar-refractivity contribution in [2.24, 2.45) is 0 Å². The van der Waals surface area contributed by atoms with Crippen LogP contribution < -0.4 is 5.32 Å². The third-order valence-corrected chi connectivity index (χ3v) is 4.26. The molecule has 1 aliphatic heterocycles. The first-order chi connectivity index (χ1) is 9.81. The zero-order chi connectivity index (χ0) is 14.2. The molecule has 0 radical (unpaired) electrons. The summed E-state index contributed by atoms with van der Waals surface area (Å²) in [6, 6.07) is 2.06. The van der Waals surface area contributed by atoms with Crippen LogP contribution in [0.25, 0.3) is 0 Å². The van der Waals surface area contributed by atoms with E-state index < -0.39 is 0 Å². The SMILES string of the molecule is CCCNc1cc(SCC2CCCO2)nc(CCC)n1. The van der Waals surface area contributed by atoms with Gasteiger partial charge < -0.3 is 10.1 Å². The lowest BCUT2D eigenvalue weighted by Crippen LogP contribution is -2.09. The largest absolute Gasteiger partial charge is 0.377 e. The van der Waals surface area contributed by atoms with E-state index in [0.717, 1.165) is 54.8 Å². The van der Waals surface area contributed by atoms with Crippen LogP contribution in [0.15, 0.2) is 11.1 Å². The Labute approximate surface area is 126 Å². The minimum atomic E-state index is 0.400. The van der Waals surface area contributed by atoms with Crippen molar-refractivity contribution in [3.63, 3.8) is 0 Å². The van der Waals surface area contributed by atoms with Crippen molar-refractivity contribution in [2.45, 2.75) is 57.1 Å². The molecule has 2 rings (SSSR count). The number of hydrogen-bond acceptors (Lipinski definition) is 5. The first-order valence-electron chi connectivity index (χ1n) is 7.68. The van der Waals surface area contributed by atoms with Crippen LogP contribution in [0.4, 0.5) is 5.82 Å². The van der Waals surface area contributed by atoms with Gasteiger partial charge in [0.15, 0.2) is 0 Å². The van der Waals surface area contributed by atoms with Crippen LogP contribution >= 0.6 is 11.8 Å². The standard InChI is InChI=1S/C15H25N3OS/c1-3-6-13-17-14(16-8-4-2)10-15(18-13)20-11-12-7-5-9-19-12/h10,12H,3-9,11H2,1-2H3,(H,16,17,18). The van der Waals surface area contributed by atoms with Gasteiger partial charge in [-0.05, 0) is 25.7 Å². The zero-order valence-electron chi connectivity index (χ0n) is 12.5. The summed E-state index contributed by atoms with van der Waals surface area (Å²) in [5.74, 6) is 2.90. The third kappa shape index (κ3) is 4.94. The van der Waals surface area contributed by atoms with E-state index in [2.05, 4.69) is 35.2 Å². The molecule has 4 nitrogen and oxygen atoms in total. The van der Waals surface area contributed by atoms with Gasteiger partial charge in [0.05, 0.1) is 6.10 Å². The van der Waals surface area contributed by atoms with Crippen LogP contribution in [0.3, 0.4) is 0 Å². The fraction of sp³-hybridized carbons (Fsp3) is 0.733. The van der Waals surface area contributed by atoms with Crippen molar-refractivity contribution in [3.8, 4) is 0 Å². The summed E-state index contributed by atoms with van der Waals surface area (Å²) < 4.78 is 5.67. The Kier molecular flexibility index (Phi) is 6.60. The minimum absolute atomic E-state index is 0.400.